The van der Waals surface area contributed by atoms with Crippen LogP contribution in [0.2, 0.25) is 0 Å². The summed E-state index contributed by atoms with van der Waals surface area (Å²) in [5, 5.41) is 13.2. The first-order valence-corrected chi connectivity index (χ1v) is 18.7. The number of fused-ring (bicyclic) bond motifs is 11. The van der Waals surface area contributed by atoms with Gasteiger partial charge in [-0.3, -0.25) is 0 Å². The summed E-state index contributed by atoms with van der Waals surface area (Å²) in [4.78, 5) is 0. The molecule has 0 saturated carbocycles. The first-order chi connectivity index (χ1) is 24.8. The van der Waals surface area contributed by atoms with E-state index in [1.807, 2.05) is 22.7 Å². The van der Waals surface area contributed by atoms with E-state index in [1.165, 1.54) is 106 Å². The van der Waals surface area contributed by atoms with Gasteiger partial charge in [0, 0.05) is 56.9 Å². The van der Waals surface area contributed by atoms with Crippen LogP contribution in [0.15, 0.2) is 170 Å². The summed E-state index contributed by atoms with van der Waals surface area (Å²) in [6.45, 7) is 0. The average Bonchev–Trinajstić information content (AvgIpc) is 3.77. The molecule has 50 heavy (non-hydrogen) atoms. The largest absolute Gasteiger partial charge is 0.135 e. The van der Waals surface area contributed by atoms with Crippen LogP contribution in [0.1, 0.15) is 0 Å². The molecule has 0 amide bonds. The Balaban J connectivity index is 1.39. The molecule has 0 saturated heterocycles. The van der Waals surface area contributed by atoms with Gasteiger partial charge in [0.1, 0.15) is 0 Å². The van der Waals surface area contributed by atoms with Crippen molar-refractivity contribution in [3.63, 3.8) is 0 Å². The third-order valence-electron chi connectivity index (χ3n) is 10.4. The van der Waals surface area contributed by atoms with Gasteiger partial charge in [0.2, 0.25) is 0 Å². The summed E-state index contributed by atoms with van der Waals surface area (Å²) in [5.41, 5.74) is 7.71. The van der Waals surface area contributed by atoms with Gasteiger partial charge >= 0.3 is 0 Å². The van der Waals surface area contributed by atoms with E-state index in [0.717, 1.165) is 0 Å². The van der Waals surface area contributed by atoms with Crippen LogP contribution in [-0.4, -0.2) is 0 Å². The smallest absolute Gasteiger partial charge is 0.0440 e. The maximum absolute atomic E-state index is 2.52. The highest BCUT2D eigenvalue weighted by molar-refractivity contribution is 7.27. The van der Waals surface area contributed by atoms with Crippen molar-refractivity contribution < 1.29 is 0 Å². The van der Waals surface area contributed by atoms with Gasteiger partial charge in [0.05, 0.1) is 0 Å². The monoisotopic (exact) mass is 668 g/mol. The van der Waals surface area contributed by atoms with Crippen LogP contribution in [0.25, 0.3) is 106 Å². The van der Waals surface area contributed by atoms with Crippen LogP contribution < -0.4 is 0 Å². The van der Waals surface area contributed by atoms with E-state index in [-0.39, 0.29) is 0 Å². The Kier molecular flexibility index (Phi) is 6.09. The molecule has 232 valence electrons. The molecule has 0 aliphatic heterocycles. The van der Waals surface area contributed by atoms with Gasteiger partial charge in [0.15, 0.2) is 0 Å². The molecule has 0 fully saturated rings. The van der Waals surface area contributed by atoms with Gasteiger partial charge in [-0.1, -0.05) is 146 Å². The fraction of sp³-hybridized carbons (Fsp3) is 0. The molecule has 11 aromatic rings. The van der Waals surface area contributed by atoms with Crippen molar-refractivity contribution in [1.29, 1.82) is 0 Å². The van der Waals surface area contributed by atoms with Gasteiger partial charge in [-0.25, -0.2) is 0 Å². The minimum absolute atomic E-state index is 1.25. The van der Waals surface area contributed by atoms with E-state index < -0.39 is 0 Å². The Morgan fingerprint density at radius 1 is 0.300 bits per heavy atom. The molecule has 0 spiro atoms. The molecule has 0 radical (unpaired) electrons. The molecule has 0 bridgehead atoms. The SMILES string of the molecule is c1ccc(-c2c3ccccc3c(-c3cc4cc(-c5ccccc5)c5sc6ccccc6c5c4c4c3sc3ccccc34)c3ccccc23)cc1. The predicted molar refractivity (Wildman–Crippen MR) is 221 cm³/mol. The molecule has 2 aromatic heterocycles. The third-order valence-corrected chi connectivity index (χ3v) is 12.8. The van der Waals surface area contributed by atoms with Crippen LogP contribution >= 0.6 is 22.7 Å². The zero-order chi connectivity index (χ0) is 32.8. The van der Waals surface area contributed by atoms with Gasteiger partial charge in [-0.15, -0.1) is 22.7 Å². The fourth-order valence-electron chi connectivity index (χ4n) is 8.36. The van der Waals surface area contributed by atoms with E-state index >= 15 is 0 Å². The van der Waals surface area contributed by atoms with Crippen LogP contribution in [-0.2, 0) is 0 Å². The van der Waals surface area contributed by atoms with Crippen LogP contribution in [0.3, 0.4) is 0 Å². The molecule has 0 nitrogen and oxygen atoms in total. The molecule has 2 heterocycles. The Morgan fingerprint density at radius 3 is 1.24 bits per heavy atom. The number of benzene rings is 9. The first-order valence-electron chi connectivity index (χ1n) is 17.1. The van der Waals surface area contributed by atoms with E-state index in [0.29, 0.717) is 0 Å². The lowest BCUT2D eigenvalue weighted by molar-refractivity contribution is 1.67. The third kappa shape index (κ3) is 3.98. The lowest BCUT2D eigenvalue weighted by atomic mass is 9.84. The topological polar surface area (TPSA) is 0 Å². The molecule has 11 rings (SSSR count). The predicted octanol–water partition coefficient (Wildman–Crippen LogP) is 14.9. The lowest BCUT2D eigenvalue weighted by Gasteiger charge is -2.19. The van der Waals surface area contributed by atoms with E-state index in [4.69, 9.17) is 0 Å². The molecule has 0 atom stereocenters. The Hall–Kier alpha value is -5.80. The standard InChI is InChI=1S/C48H28S2/c1-3-15-29(16-4-1)38-27-31-28-39(44-34-21-9-7-19-32(34)42(30-17-5-2-6-18-30)33-20-8-10-22-35(33)44)48-46(37-24-12-14-26-41(37)50-48)43(31)45-36-23-11-13-25-40(36)49-47(38)45/h1-28H. The summed E-state index contributed by atoms with van der Waals surface area (Å²) in [6, 6.07) is 62.9. The highest BCUT2D eigenvalue weighted by Gasteiger charge is 2.24. The van der Waals surface area contributed by atoms with Gasteiger partial charge in [0.25, 0.3) is 0 Å². The molecular weight excluding hydrogens is 641 g/mol. The van der Waals surface area contributed by atoms with Crippen molar-refractivity contribution in [2.24, 2.45) is 0 Å². The Labute approximate surface area is 297 Å². The second-order valence-corrected chi connectivity index (χ2v) is 15.2. The lowest BCUT2D eigenvalue weighted by Crippen LogP contribution is -1.92. The Bertz CT molecular complexity index is 3070. The quantitative estimate of drug-likeness (QED) is 0.164. The van der Waals surface area contributed by atoms with Gasteiger partial charge in [-0.05, 0) is 73.5 Å². The number of thiophene rings is 2. The van der Waals surface area contributed by atoms with Crippen LogP contribution in [0.4, 0.5) is 0 Å². The molecule has 9 aromatic carbocycles. The number of rotatable bonds is 3. The molecule has 0 aliphatic rings. The number of hydrogen-bond donors (Lipinski definition) is 0. The zero-order valence-electron chi connectivity index (χ0n) is 27.0. The van der Waals surface area contributed by atoms with Crippen molar-refractivity contribution in [2.75, 3.05) is 0 Å². The first kappa shape index (κ1) is 28.1. The van der Waals surface area contributed by atoms with Crippen molar-refractivity contribution in [1.82, 2.24) is 0 Å². The summed E-state index contributed by atoms with van der Waals surface area (Å²) >= 11 is 3.86. The number of hydrogen-bond acceptors (Lipinski definition) is 2. The van der Waals surface area contributed by atoms with Crippen molar-refractivity contribution in [3.8, 4) is 33.4 Å². The van der Waals surface area contributed by atoms with Crippen molar-refractivity contribution in [2.45, 2.75) is 0 Å². The zero-order valence-corrected chi connectivity index (χ0v) is 28.6. The summed E-state index contributed by atoms with van der Waals surface area (Å²) in [6.07, 6.45) is 0. The van der Waals surface area contributed by atoms with Crippen LogP contribution in [0, 0.1) is 0 Å². The molecule has 0 aliphatic carbocycles. The minimum Gasteiger partial charge on any atom is -0.135 e. The fourth-order valence-corrected chi connectivity index (χ4v) is 10.8. The molecular formula is C48H28S2. The molecule has 0 unspecified atom stereocenters. The molecule has 0 N–H and O–H groups in total. The summed E-state index contributed by atoms with van der Waals surface area (Å²) in [7, 11) is 0. The maximum atomic E-state index is 2.52. The normalized spacial score (nSPS) is 12.0. The highest BCUT2D eigenvalue weighted by atomic mass is 32.1. The molecule has 2 heteroatoms. The van der Waals surface area contributed by atoms with E-state index in [1.54, 1.807) is 0 Å². The average molecular weight is 669 g/mol. The van der Waals surface area contributed by atoms with E-state index in [2.05, 4.69) is 170 Å². The Morgan fingerprint density at radius 2 is 0.700 bits per heavy atom. The van der Waals surface area contributed by atoms with Gasteiger partial charge < -0.3 is 0 Å². The van der Waals surface area contributed by atoms with Crippen LogP contribution in [0.5, 0.6) is 0 Å². The maximum Gasteiger partial charge on any atom is 0.0440 e. The second-order valence-electron chi connectivity index (χ2n) is 13.1. The van der Waals surface area contributed by atoms with Gasteiger partial charge in [-0.2, -0.15) is 0 Å². The van der Waals surface area contributed by atoms with E-state index in [9.17, 15) is 0 Å². The second kappa shape index (κ2) is 10.9. The minimum atomic E-state index is 1.25. The highest BCUT2D eigenvalue weighted by Crippen LogP contribution is 2.53. The summed E-state index contributed by atoms with van der Waals surface area (Å²) < 4.78 is 5.37. The van der Waals surface area contributed by atoms with Crippen molar-refractivity contribution in [3.05, 3.63) is 170 Å². The van der Waals surface area contributed by atoms with Crippen molar-refractivity contribution >= 4 is 95.3 Å². The summed E-state index contributed by atoms with van der Waals surface area (Å²) in [5.74, 6) is 0.